The fourth-order valence-corrected chi connectivity index (χ4v) is 1.57. The Balaban J connectivity index is 2.80. The van der Waals surface area contributed by atoms with Gasteiger partial charge in [0.25, 0.3) is 0 Å². The van der Waals surface area contributed by atoms with Gasteiger partial charge in [0.2, 0.25) is 0 Å². The zero-order valence-electron chi connectivity index (χ0n) is 6.95. The molecule has 0 saturated heterocycles. The van der Waals surface area contributed by atoms with Crippen molar-refractivity contribution >= 4 is 38.6 Å². The predicted molar refractivity (Wildman–Crippen MR) is 55.3 cm³/mol. The fraction of sp³-hybridized carbons (Fsp3) is 0. The lowest BCUT2D eigenvalue weighted by Crippen LogP contribution is -1.94. The second kappa shape index (κ2) is 3.02. The zero-order chi connectivity index (χ0) is 10.3. The molecule has 0 amide bonds. The molecule has 0 aliphatic rings. The van der Waals surface area contributed by atoms with Gasteiger partial charge in [-0.25, -0.2) is 4.79 Å². The molecular formula is C9H6BrNO3. The van der Waals surface area contributed by atoms with Gasteiger partial charge in [0.05, 0.1) is 0 Å². The van der Waals surface area contributed by atoms with Crippen LogP contribution in [-0.2, 0) is 0 Å². The first-order valence-electron chi connectivity index (χ1n) is 3.79. The molecule has 2 rings (SSSR count). The van der Waals surface area contributed by atoms with Crippen molar-refractivity contribution in [1.82, 2.24) is 0 Å². The quantitative estimate of drug-likeness (QED) is 0.768. The highest BCUT2D eigenvalue weighted by molar-refractivity contribution is 9.10. The van der Waals surface area contributed by atoms with Gasteiger partial charge in [0.15, 0.2) is 0 Å². The first-order chi connectivity index (χ1) is 6.59. The van der Waals surface area contributed by atoms with Crippen molar-refractivity contribution in [3.8, 4) is 0 Å². The molecule has 0 atom stereocenters. The average molecular weight is 256 g/mol. The highest BCUT2D eigenvalue weighted by Crippen LogP contribution is 2.29. The molecule has 5 heteroatoms. The Kier molecular flexibility index (Phi) is 1.96. The fourth-order valence-electron chi connectivity index (χ4n) is 1.23. The maximum atomic E-state index is 10.8. The molecule has 4 nitrogen and oxygen atoms in total. The molecule has 0 fully saturated rings. The molecule has 72 valence electrons. The summed E-state index contributed by atoms with van der Waals surface area (Å²) in [5.74, 6) is -1.01. The molecule has 1 aromatic carbocycles. The standard InChI is InChI=1S/C9H6BrNO3/c10-6-1-4-5(9(12)13)3-14-8(4)2-7(6)11/h1-3H,11H2,(H,12,13). The molecule has 0 saturated carbocycles. The van der Waals surface area contributed by atoms with Crippen molar-refractivity contribution in [3.05, 3.63) is 28.4 Å². The van der Waals surface area contributed by atoms with Crippen molar-refractivity contribution < 1.29 is 14.3 Å². The lowest BCUT2D eigenvalue weighted by molar-refractivity contribution is 0.0698. The monoisotopic (exact) mass is 255 g/mol. The van der Waals surface area contributed by atoms with Crippen LogP contribution >= 0.6 is 15.9 Å². The lowest BCUT2D eigenvalue weighted by Gasteiger charge is -1.97. The van der Waals surface area contributed by atoms with Crippen LogP contribution in [0.25, 0.3) is 11.0 Å². The summed E-state index contributed by atoms with van der Waals surface area (Å²) in [4.78, 5) is 10.8. The minimum absolute atomic E-state index is 0.140. The van der Waals surface area contributed by atoms with E-state index in [1.165, 1.54) is 6.26 Å². The van der Waals surface area contributed by atoms with Crippen LogP contribution < -0.4 is 5.73 Å². The highest BCUT2D eigenvalue weighted by Gasteiger charge is 2.13. The summed E-state index contributed by atoms with van der Waals surface area (Å²) in [6.45, 7) is 0. The maximum Gasteiger partial charge on any atom is 0.339 e. The maximum absolute atomic E-state index is 10.8. The van der Waals surface area contributed by atoms with Crippen LogP contribution in [0.15, 0.2) is 27.3 Å². The molecular weight excluding hydrogens is 250 g/mol. The molecule has 1 aromatic heterocycles. The largest absolute Gasteiger partial charge is 0.478 e. The number of anilines is 1. The first-order valence-corrected chi connectivity index (χ1v) is 4.58. The number of furan rings is 1. The molecule has 2 aromatic rings. The molecule has 3 N–H and O–H groups in total. The van der Waals surface area contributed by atoms with Crippen LogP contribution in [0, 0.1) is 0 Å². The van der Waals surface area contributed by atoms with Gasteiger partial charge in [0.1, 0.15) is 17.4 Å². The molecule has 0 aliphatic heterocycles. The Hall–Kier alpha value is -1.49. The third-order valence-electron chi connectivity index (χ3n) is 1.92. The van der Waals surface area contributed by atoms with Gasteiger partial charge in [0, 0.05) is 21.6 Å². The second-order valence-electron chi connectivity index (χ2n) is 2.82. The number of carboxylic acid groups (broad SMARTS) is 1. The number of hydrogen-bond donors (Lipinski definition) is 2. The zero-order valence-corrected chi connectivity index (χ0v) is 8.54. The van der Waals surface area contributed by atoms with Gasteiger partial charge in [-0.3, -0.25) is 0 Å². The van der Waals surface area contributed by atoms with Gasteiger partial charge in [-0.15, -0.1) is 0 Å². The number of hydrogen-bond acceptors (Lipinski definition) is 3. The Morgan fingerprint density at radius 2 is 2.21 bits per heavy atom. The SMILES string of the molecule is Nc1cc2occ(C(=O)O)c2cc1Br. The summed E-state index contributed by atoms with van der Waals surface area (Å²) in [5, 5.41) is 9.37. The van der Waals surface area contributed by atoms with Crippen LogP contribution in [0.3, 0.4) is 0 Å². The van der Waals surface area contributed by atoms with Gasteiger partial charge in [-0.2, -0.15) is 0 Å². The second-order valence-corrected chi connectivity index (χ2v) is 3.68. The summed E-state index contributed by atoms with van der Waals surface area (Å²) < 4.78 is 5.73. The molecule has 0 unspecified atom stereocenters. The Bertz CT molecular complexity index is 518. The van der Waals surface area contributed by atoms with Crippen molar-refractivity contribution in [1.29, 1.82) is 0 Å². The molecule has 0 aliphatic carbocycles. The van der Waals surface area contributed by atoms with Gasteiger partial charge < -0.3 is 15.3 Å². The van der Waals surface area contributed by atoms with E-state index in [4.69, 9.17) is 15.3 Å². The number of fused-ring (bicyclic) bond motifs is 1. The molecule has 0 spiro atoms. The van der Waals surface area contributed by atoms with E-state index in [2.05, 4.69) is 15.9 Å². The molecule has 0 bridgehead atoms. The summed E-state index contributed by atoms with van der Waals surface area (Å²) in [6, 6.07) is 3.23. The van der Waals surface area contributed by atoms with Crippen LogP contribution in [0.2, 0.25) is 0 Å². The Labute approximate surface area is 87.4 Å². The topological polar surface area (TPSA) is 76.5 Å². The normalized spacial score (nSPS) is 10.6. The van der Waals surface area contributed by atoms with Crippen molar-refractivity contribution in [3.63, 3.8) is 0 Å². The van der Waals surface area contributed by atoms with E-state index in [1.54, 1.807) is 12.1 Å². The van der Waals surface area contributed by atoms with Crippen LogP contribution in [0.4, 0.5) is 5.69 Å². The van der Waals surface area contributed by atoms with Gasteiger partial charge in [-0.1, -0.05) is 0 Å². The average Bonchev–Trinajstić information content (AvgIpc) is 2.48. The number of halogens is 1. The van der Waals surface area contributed by atoms with Crippen LogP contribution in [0.1, 0.15) is 10.4 Å². The van der Waals surface area contributed by atoms with Gasteiger partial charge in [-0.05, 0) is 22.0 Å². The van der Waals surface area contributed by atoms with E-state index in [0.717, 1.165) is 0 Å². The number of rotatable bonds is 1. The lowest BCUT2D eigenvalue weighted by atomic mass is 10.1. The summed E-state index contributed by atoms with van der Waals surface area (Å²) >= 11 is 3.22. The Morgan fingerprint density at radius 1 is 1.50 bits per heavy atom. The molecule has 14 heavy (non-hydrogen) atoms. The van der Waals surface area contributed by atoms with Crippen LogP contribution in [-0.4, -0.2) is 11.1 Å². The highest BCUT2D eigenvalue weighted by atomic mass is 79.9. The summed E-state index contributed by atoms with van der Waals surface area (Å²) in [5.41, 5.74) is 6.75. The number of nitrogens with two attached hydrogens (primary N) is 1. The number of carboxylic acids is 1. The van der Waals surface area contributed by atoms with Crippen molar-refractivity contribution in [2.75, 3.05) is 5.73 Å². The van der Waals surface area contributed by atoms with E-state index in [1.807, 2.05) is 0 Å². The number of benzene rings is 1. The third-order valence-corrected chi connectivity index (χ3v) is 2.61. The van der Waals surface area contributed by atoms with E-state index in [-0.39, 0.29) is 5.56 Å². The third kappa shape index (κ3) is 1.26. The molecule has 1 heterocycles. The first kappa shape index (κ1) is 9.08. The smallest absolute Gasteiger partial charge is 0.339 e. The summed E-state index contributed by atoms with van der Waals surface area (Å²) in [6.07, 6.45) is 1.21. The number of aromatic carboxylic acids is 1. The summed E-state index contributed by atoms with van der Waals surface area (Å²) in [7, 11) is 0. The van der Waals surface area contributed by atoms with Gasteiger partial charge >= 0.3 is 5.97 Å². The predicted octanol–water partition coefficient (Wildman–Crippen LogP) is 2.48. The van der Waals surface area contributed by atoms with E-state index in [9.17, 15) is 4.79 Å². The minimum Gasteiger partial charge on any atom is -0.478 e. The van der Waals surface area contributed by atoms with Crippen LogP contribution in [0.5, 0.6) is 0 Å². The number of nitrogen functional groups attached to an aromatic ring is 1. The van der Waals surface area contributed by atoms with E-state index < -0.39 is 5.97 Å². The van der Waals surface area contributed by atoms with E-state index >= 15 is 0 Å². The minimum atomic E-state index is -1.01. The Morgan fingerprint density at radius 3 is 2.86 bits per heavy atom. The van der Waals surface area contributed by atoms with Crippen molar-refractivity contribution in [2.45, 2.75) is 0 Å². The van der Waals surface area contributed by atoms with E-state index in [0.29, 0.717) is 21.1 Å². The van der Waals surface area contributed by atoms with Crippen molar-refractivity contribution in [2.24, 2.45) is 0 Å². The number of carbonyl (C=O) groups is 1. The molecule has 0 radical (unpaired) electrons.